The van der Waals surface area contributed by atoms with E-state index in [1.54, 1.807) is 36.4 Å². The fourth-order valence-electron chi connectivity index (χ4n) is 2.21. The van der Waals surface area contributed by atoms with E-state index in [1.165, 1.54) is 13.8 Å². The van der Waals surface area contributed by atoms with Gasteiger partial charge >= 0.3 is 5.97 Å². The van der Waals surface area contributed by atoms with E-state index in [0.29, 0.717) is 17.0 Å². The van der Waals surface area contributed by atoms with E-state index in [4.69, 9.17) is 9.47 Å². The number of anilines is 1. The highest BCUT2D eigenvalue weighted by Crippen LogP contribution is 2.16. The van der Waals surface area contributed by atoms with E-state index in [2.05, 4.69) is 5.32 Å². The van der Waals surface area contributed by atoms with Crippen LogP contribution in [0, 0.1) is 0 Å². The lowest BCUT2D eigenvalue weighted by Gasteiger charge is -2.15. The molecule has 2 rings (SSSR count). The average molecular weight is 355 g/mol. The van der Waals surface area contributed by atoms with Crippen LogP contribution in [-0.2, 0) is 14.3 Å². The molecule has 0 unspecified atom stereocenters. The molecule has 6 nitrogen and oxygen atoms in total. The SMILES string of the molecule is CC(=O)c1ccccc1NC(=O)[C@@H](C)OC(=O)CCOc1ccccc1. The lowest BCUT2D eigenvalue weighted by Crippen LogP contribution is -2.30. The summed E-state index contributed by atoms with van der Waals surface area (Å²) in [5.74, 6) is -0.546. The second-order valence-corrected chi connectivity index (χ2v) is 5.63. The Balaban J connectivity index is 1.81. The molecule has 2 aromatic rings. The molecule has 0 radical (unpaired) electrons. The van der Waals surface area contributed by atoms with Gasteiger partial charge in [-0.05, 0) is 38.1 Å². The topological polar surface area (TPSA) is 81.7 Å². The summed E-state index contributed by atoms with van der Waals surface area (Å²) in [7, 11) is 0. The van der Waals surface area contributed by atoms with Crippen molar-refractivity contribution in [3.8, 4) is 5.75 Å². The zero-order chi connectivity index (χ0) is 18.9. The summed E-state index contributed by atoms with van der Waals surface area (Å²) in [6, 6.07) is 15.8. The summed E-state index contributed by atoms with van der Waals surface area (Å²) in [5.41, 5.74) is 0.788. The van der Waals surface area contributed by atoms with Gasteiger partial charge in [0.05, 0.1) is 18.7 Å². The summed E-state index contributed by atoms with van der Waals surface area (Å²) < 4.78 is 10.5. The molecule has 0 aromatic heterocycles. The summed E-state index contributed by atoms with van der Waals surface area (Å²) in [6.45, 7) is 3.05. The molecular weight excluding hydrogens is 334 g/mol. The Hall–Kier alpha value is -3.15. The first-order valence-electron chi connectivity index (χ1n) is 8.25. The smallest absolute Gasteiger partial charge is 0.310 e. The molecular formula is C20H21NO5. The van der Waals surface area contributed by atoms with Gasteiger partial charge in [0.2, 0.25) is 0 Å². The second-order valence-electron chi connectivity index (χ2n) is 5.63. The lowest BCUT2D eigenvalue weighted by atomic mass is 10.1. The van der Waals surface area contributed by atoms with E-state index in [1.807, 2.05) is 18.2 Å². The number of Topliss-reactive ketones (excluding diaryl/α,β-unsaturated/α-hetero) is 1. The van der Waals surface area contributed by atoms with E-state index in [0.717, 1.165) is 0 Å². The fourth-order valence-corrected chi connectivity index (χ4v) is 2.21. The maximum absolute atomic E-state index is 12.2. The van der Waals surface area contributed by atoms with Gasteiger partial charge in [0, 0.05) is 5.56 Å². The number of amides is 1. The first-order valence-corrected chi connectivity index (χ1v) is 8.25. The average Bonchev–Trinajstić information content (AvgIpc) is 2.62. The molecule has 0 saturated heterocycles. The Morgan fingerprint density at radius 2 is 1.65 bits per heavy atom. The molecule has 0 aliphatic carbocycles. The number of ketones is 1. The van der Waals surface area contributed by atoms with Crippen LogP contribution in [0.25, 0.3) is 0 Å². The Morgan fingerprint density at radius 1 is 1.00 bits per heavy atom. The first kappa shape index (κ1) is 19.2. The van der Waals surface area contributed by atoms with Crippen LogP contribution in [0.4, 0.5) is 5.69 Å². The normalized spacial score (nSPS) is 11.3. The number of nitrogens with one attached hydrogen (secondary N) is 1. The summed E-state index contributed by atoms with van der Waals surface area (Å²) in [6.07, 6.45) is -0.962. The van der Waals surface area contributed by atoms with Gasteiger partial charge in [0.1, 0.15) is 5.75 Å². The predicted molar refractivity (Wildman–Crippen MR) is 97.2 cm³/mol. The van der Waals surface area contributed by atoms with Crippen molar-refractivity contribution in [3.05, 3.63) is 60.2 Å². The number of para-hydroxylation sites is 2. The number of esters is 1. The molecule has 0 heterocycles. The third-order valence-electron chi connectivity index (χ3n) is 3.56. The molecule has 2 aromatic carbocycles. The molecule has 6 heteroatoms. The van der Waals surface area contributed by atoms with Gasteiger partial charge in [0.25, 0.3) is 5.91 Å². The number of benzene rings is 2. The van der Waals surface area contributed by atoms with Crippen LogP contribution in [0.2, 0.25) is 0 Å². The van der Waals surface area contributed by atoms with Crippen molar-refractivity contribution in [2.75, 3.05) is 11.9 Å². The van der Waals surface area contributed by atoms with Crippen molar-refractivity contribution in [1.29, 1.82) is 0 Å². The molecule has 1 atom stereocenters. The van der Waals surface area contributed by atoms with Crippen LogP contribution < -0.4 is 10.1 Å². The molecule has 1 N–H and O–H groups in total. The van der Waals surface area contributed by atoms with Crippen LogP contribution in [0.15, 0.2) is 54.6 Å². The lowest BCUT2D eigenvalue weighted by molar-refractivity contribution is -0.153. The summed E-state index contributed by atoms with van der Waals surface area (Å²) in [5, 5.41) is 2.61. The highest BCUT2D eigenvalue weighted by Gasteiger charge is 2.19. The van der Waals surface area contributed by atoms with Gasteiger partial charge in [-0.25, -0.2) is 0 Å². The Bertz CT molecular complexity index is 773. The number of rotatable bonds is 8. The van der Waals surface area contributed by atoms with Crippen molar-refractivity contribution >= 4 is 23.3 Å². The predicted octanol–water partition coefficient (Wildman–Crippen LogP) is 3.23. The van der Waals surface area contributed by atoms with E-state index >= 15 is 0 Å². The highest BCUT2D eigenvalue weighted by molar-refractivity contribution is 6.04. The Morgan fingerprint density at radius 3 is 2.35 bits per heavy atom. The molecule has 0 aliphatic heterocycles. The third kappa shape index (κ3) is 5.73. The standard InChI is InChI=1S/C20H21NO5/c1-14(22)17-10-6-7-11-18(17)21-20(24)15(2)26-19(23)12-13-25-16-8-4-3-5-9-16/h3-11,15H,12-13H2,1-2H3,(H,21,24)/t15-/m1/s1. The van der Waals surface area contributed by atoms with Crippen molar-refractivity contribution < 1.29 is 23.9 Å². The first-order chi connectivity index (χ1) is 12.5. The third-order valence-corrected chi connectivity index (χ3v) is 3.56. The molecule has 0 aliphatic rings. The van der Waals surface area contributed by atoms with E-state index < -0.39 is 18.0 Å². The quantitative estimate of drug-likeness (QED) is 0.581. The summed E-state index contributed by atoms with van der Waals surface area (Å²) in [4.78, 5) is 35.6. The molecule has 0 spiro atoms. The second kappa shape index (κ2) is 9.36. The van der Waals surface area contributed by atoms with Crippen LogP contribution in [0.1, 0.15) is 30.6 Å². The maximum atomic E-state index is 12.2. The van der Waals surface area contributed by atoms with Crippen LogP contribution in [0.5, 0.6) is 5.75 Å². The molecule has 0 fully saturated rings. The largest absolute Gasteiger partial charge is 0.493 e. The van der Waals surface area contributed by atoms with Crippen LogP contribution in [0.3, 0.4) is 0 Å². The molecule has 0 bridgehead atoms. The van der Waals surface area contributed by atoms with Gasteiger partial charge < -0.3 is 14.8 Å². The molecule has 136 valence electrons. The number of carbonyl (C=O) groups is 3. The van der Waals surface area contributed by atoms with Crippen LogP contribution in [-0.4, -0.2) is 30.4 Å². The number of hydrogen-bond donors (Lipinski definition) is 1. The molecule has 1 amide bonds. The molecule has 26 heavy (non-hydrogen) atoms. The minimum absolute atomic E-state index is 0.0244. The number of hydrogen-bond acceptors (Lipinski definition) is 5. The van der Waals surface area contributed by atoms with Gasteiger partial charge in [-0.3, -0.25) is 14.4 Å². The van der Waals surface area contributed by atoms with Crippen LogP contribution >= 0.6 is 0 Å². The zero-order valence-electron chi connectivity index (χ0n) is 14.7. The Kier molecular flexibility index (Phi) is 6.91. The minimum atomic E-state index is -0.987. The van der Waals surface area contributed by atoms with Crippen molar-refractivity contribution in [3.63, 3.8) is 0 Å². The van der Waals surface area contributed by atoms with Crippen molar-refractivity contribution in [1.82, 2.24) is 0 Å². The van der Waals surface area contributed by atoms with Crippen molar-refractivity contribution in [2.45, 2.75) is 26.4 Å². The molecule has 0 saturated carbocycles. The number of ether oxygens (including phenoxy) is 2. The summed E-state index contributed by atoms with van der Waals surface area (Å²) >= 11 is 0. The van der Waals surface area contributed by atoms with Gasteiger partial charge in [0.15, 0.2) is 11.9 Å². The highest BCUT2D eigenvalue weighted by atomic mass is 16.5. The van der Waals surface area contributed by atoms with Crippen molar-refractivity contribution in [2.24, 2.45) is 0 Å². The monoisotopic (exact) mass is 355 g/mol. The Labute approximate surface area is 152 Å². The number of carbonyl (C=O) groups excluding carboxylic acids is 3. The van der Waals surface area contributed by atoms with Gasteiger partial charge in [-0.2, -0.15) is 0 Å². The minimum Gasteiger partial charge on any atom is -0.493 e. The zero-order valence-corrected chi connectivity index (χ0v) is 14.7. The fraction of sp³-hybridized carbons (Fsp3) is 0.250. The van der Waals surface area contributed by atoms with Gasteiger partial charge in [-0.15, -0.1) is 0 Å². The van der Waals surface area contributed by atoms with E-state index in [-0.39, 0.29) is 18.8 Å². The maximum Gasteiger partial charge on any atom is 0.310 e. The van der Waals surface area contributed by atoms with Gasteiger partial charge in [-0.1, -0.05) is 30.3 Å². The van der Waals surface area contributed by atoms with E-state index in [9.17, 15) is 14.4 Å².